The summed E-state index contributed by atoms with van der Waals surface area (Å²) in [4.78, 5) is 28.6. The second-order valence-corrected chi connectivity index (χ2v) is 7.30. The van der Waals surface area contributed by atoms with Crippen molar-refractivity contribution < 1.29 is 9.53 Å². The third-order valence-corrected chi connectivity index (χ3v) is 5.62. The van der Waals surface area contributed by atoms with Crippen LogP contribution >= 0.6 is 0 Å². The molecule has 3 heterocycles. The van der Waals surface area contributed by atoms with Crippen LogP contribution in [0.5, 0.6) is 0 Å². The number of hydrogen-bond donors (Lipinski definition) is 0. The average Bonchev–Trinajstić information content (AvgIpc) is 3.10. The van der Waals surface area contributed by atoms with Gasteiger partial charge in [0.25, 0.3) is 5.56 Å². The van der Waals surface area contributed by atoms with E-state index < -0.39 is 0 Å². The normalized spacial score (nSPS) is 21.4. The van der Waals surface area contributed by atoms with Crippen LogP contribution in [0.1, 0.15) is 30.5 Å². The number of morpholine rings is 1. The summed E-state index contributed by atoms with van der Waals surface area (Å²) in [6.45, 7) is 4.84. The molecule has 1 aromatic rings. The maximum atomic E-state index is 12.5. The van der Waals surface area contributed by atoms with E-state index in [-0.39, 0.29) is 11.6 Å². The first-order valence-corrected chi connectivity index (χ1v) is 9.42. The molecule has 0 radical (unpaired) electrons. The van der Waals surface area contributed by atoms with E-state index in [1.807, 2.05) is 9.80 Å². The number of carbonyl (C=O) groups excluding carboxylic acids is 1. The van der Waals surface area contributed by atoms with Crippen molar-refractivity contribution in [3.05, 3.63) is 27.7 Å². The Hall–Kier alpha value is -1.89. The van der Waals surface area contributed by atoms with Crippen molar-refractivity contribution in [2.75, 3.05) is 39.4 Å². The average molecular weight is 346 g/mol. The Morgan fingerprint density at radius 1 is 1.12 bits per heavy atom. The molecule has 1 aliphatic carbocycles. The SMILES string of the molecule is O=C(N1CCOCC1)N1CCC(Cn2nc3c(cc2=O)CCC3)CC1. The highest BCUT2D eigenvalue weighted by atomic mass is 16.5. The number of piperidine rings is 1. The lowest BCUT2D eigenvalue weighted by atomic mass is 9.97. The molecule has 2 aliphatic heterocycles. The smallest absolute Gasteiger partial charge is 0.320 e. The first-order valence-electron chi connectivity index (χ1n) is 9.42. The number of amides is 2. The standard InChI is InChI=1S/C18H26N4O3/c23-17-12-15-2-1-3-16(15)19-22(17)13-14-4-6-20(7-5-14)18(24)21-8-10-25-11-9-21/h12,14H,1-11,13H2. The van der Waals surface area contributed by atoms with Crippen LogP contribution < -0.4 is 5.56 Å². The van der Waals surface area contributed by atoms with Crippen molar-refractivity contribution in [3.8, 4) is 0 Å². The lowest BCUT2D eigenvalue weighted by Crippen LogP contribution is -2.50. The van der Waals surface area contributed by atoms with E-state index in [9.17, 15) is 9.59 Å². The Kier molecular flexibility index (Phi) is 4.74. The van der Waals surface area contributed by atoms with Gasteiger partial charge in [-0.25, -0.2) is 9.48 Å². The van der Waals surface area contributed by atoms with E-state index in [0.717, 1.165) is 56.5 Å². The first kappa shape index (κ1) is 16.6. The number of aryl methyl sites for hydroxylation is 2. The zero-order valence-corrected chi connectivity index (χ0v) is 14.7. The second-order valence-electron chi connectivity index (χ2n) is 7.30. The van der Waals surface area contributed by atoms with Gasteiger partial charge in [-0.3, -0.25) is 4.79 Å². The van der Waals surface area contributed by atoms with Crippen LogP contribution in [0.3, 0.4) is 0 Å². The summed E-state index contributed by atoms with van der Waals surface area (Å²) in [5, 5.41) is 4.58. The summed E-state index contributed by atoms with van der Waals surface area (Å²) in [5.41, 5.74) is 2.25. The zero-order chi connectivity index (χ0) is 17.2. The Bertz CT molecular complexity index is 688. The summed E-state index contributed by atoms with van der Waals surface area (Å²) in [6.07, 6.45) is 4.94. The molecule has 4 rings (SSSR count). The predicted octanol–water partition coefficient (Wildman–Crippen LogP) is 0.896. The number of aromatic nitrogens is 2. The topological polar surface area (TPSA) is 67.7 Å². The fourth-order valence-electron chi connectivity index (χ4n) is 4.08. The van der Waals surface area contributed by atoms with E-state index in [1.54, 1.807) is 10.7 Å². The van der Waals surface area contributed by atoms with Crippen molar-refractivity contribution in [2.24, 2.45) is 5.92 Å². The van der Waals surface area contributed by atoms with Crippen molar-refractivity contribution in [2.45, 2.75) is 38.6 Å². The zero-order valence-electron chi connectivity index (χ0n) is 14.7. The van der Waals surface area contributed by atoms with Gasteiger partial charge in [0, 0.05) is 38.8 Å². The van der Waals surface area contributed by atoms with Gasteiger partial charge in [0.1, 0.15) is 0 Å². The molecule has 136 valence electrons. The van der Waals surface area contributed by atoms with Gasteiger partial charge >= 0.3 is 6.03 Å². The fourth-order valence-corrected chi connectivity index (χ4v) is 4.08. The minimum absolute atomic E-state index is 0.0208. The molecule has 0 spiro atoms. The Morgan fingerprint density at radius 3 is 2.60 bits per heavy atom. The van der Waals surface area contributed by atoms with E-state index in [2.05, 4.69) is 5.10 Å². The summed E-state index contributed by atoms with van der Waals surface area (Å²) in [7, 11) is 0. The summed E-state index contributed by atoms with van der Waals surface area (Å²) >= 11 is 0. The molecule has 1 aromatic heterocycles. The van der Waals surface area contributed by atoms with Crippen LogP contribution in [-0.2, 0) is 24.1 Å². The molecular weight excluding hydrogens is 320 g/mol. The number of ether oxygens (including phenoxy) is 1. The van der Waals surface area contributed by atoms with Gasteiger partial charge in [0.2, 0.25) is 0 Å². The van der Waals surface area contributed by atoms with Gasteiger partial charge in [-0.05, 0) is 43.6 Å². The summed E-state index contributed by atoms with van der Waals surface area (Å²) in [6, 6.07) is 1.90. The maximum absolute atomic E-state index is 12.5. The number of fused-ring (bicyclic) bond motifs is 1. The van der Waals surface area contributed by atoms with E-state index in [4.69, 9.17) is 4.74 Å². The monoisotopic (exact) mass is 346 g/mol. The first-order chi connectivity index (χ1) is 12.2. The number of rotatable bonds is 2. The molecule has 25 heavy (non-hydrogen) atoms. The van der Waals surface area contributed by atoms with E-state index in [1.165, 1.54) is 0 Å². The molecule has 0 bridgehead atoms. The molecule has 7 heteroatoms. The molecule has 2 saturated heterocycles. The van der Waals surface area contributed by atoms with Gasteiger partial charge in [0.05, 0.1) is 18.9 Å². The van der Waals surface area contributed by atoms with Crippen molar-refractivity contribution in [1.29, 1.82) is 0 Å². The fraction of sp³-hybridized carbons (Fsp3) is 0.722. The molecular formula is C18H26N4O3. The van der Waals surface area contributed by atoms with Crippen molar-refractivity contribution in [3.63, 3.8) is 0 Å². The van der Waals surface area contributed by atoms with E-state index in [0.29, 0.717) is 38.8 Å². The molecule has 2 fully saturated rings. The van der Waals surface area contributed by atoms with Crippen molar-refractivity contribution >= 4 is 6.03 Å². The van der Waals surface area contributed by atoms with Gasteiger partial charge in [-0.2, -0.15) is 5.10 Å². The molecule has 0 N–H and O–H groups in total. The van der Waals surface area contributed by atoms with Gasteiger partial charge in [-0.1, -0.05) is 0 Å². The Balaban J connectivity index is 1.33. The molecule has 0 unspecified atom stereocenters. The molecule has 3 aliphatic rings. The van der Waals surface area contributed by atoms with Crippen LogP contribution in [0.25, 0.3) is 0 Å². The lowest BCUT2D eigenvalue weighted by molar-refractivity contribution is 0.0396. The number of carbonyl (C=O) groups is 1. The van der Waals surface area contributed by atoms with E-state index >= 15 is 0 Å². The van der Waals surface area contributed by atoms with Crippen LogP contribution in [0.15, 0.2) is 10.9 Å². The predicted molar refractivity (Wildman–Crippen MR) is 92.6 cm³/mol. The van der Waals surface area contributed by atoms with Gasteiger partial charge < -0.3 is 14.5 Å². The summed E-state index contributed by atoms with van der Waals surface area (Å²) < 4.78 is 6.96. The largest absolute Gasteiger partial charge is 0.378 e. The number of likely N-dealkylation sites (tertiary alicyclic amines) is 1. The highest BCUT2D eigenvalue weighted by molar-refractivity contribution is 5.74. The van der Waals surface area contributed by atoms with Crippen LogP contribution in [0.2, 0.25) is 0 Å². The van der Waals surface area contributed by atoms with Gasteiger partial charge in [-0.15, -0.1) is 0 Å². The highest BCUT2D eigenvalue weighted by Gasteiger charge is 2.28. The second kappa shape index (κ2) is 7.15. The molecule has 0 saturated carbocycles. The Labute approximate surface area is 147 Å². The minimum atomic E-state index is 0.0208. The number of hydrogen-bond acceptors (Lipinski definition) is 4. The maximum Gasteiger partial charge on any atom is 0.320 e. The third-order valence-electron chi connectivity index (χ3n) is 5.62. The van der Waals surface area contributed by atoms with Crippen LogP contribution in [-0.4, -0.2) is 65.0 Å². The minimum Gasteiger partial charge on any atom is -0.378 e. The van der Waals surface area contributed by atoms with Crippen LogP contribution in [0, 0.1) is 5.92 Å². The Morgan fingerprint density at radius 2 is 1.84 bits per heavy atom. The number of urea groups is 1. The number of nitrogens with zero attached hydrogens (tertiary/aromatic N) is 4. The molecule has 7 nitrogen and oxygen atoms in total. The molecule has 2 amide bonds. The third kappa shape index (κ3) is 3.56. The highest BCUT2D eigenvalue weighted by Crippen LogP contribution is 2.21. The molecule has 0 aromatic carbocycles. The van der Waals surface area contributed by atoms with Gasteiger partial charge in [0.15, 0.2) is 0 Å². The van der Waals surface area contributed by atoms with Crippen molar-refractivity contribution in [1.82, 2.24) is 19.6 Å². The molecule has 0 atom stereocenters. The summed E-state index contributed by atoms with van der Waals surface area (Å²) in [5.74, 6) is 0.415. The lowest BCUT2D eigenvalue weighted by Gasteiger charge is -2.37. The van der Waals surface area contributed by atoms with Crippen LogP contribution in [0.4, 0.5) is 4.79 Å². The quantitative estimate of drug-likeness (QED) is 0.798.